The summed E-state index contributed by atoms with van der Waals surface area (Å²) in [6.45, 7) is 1.81. The molecule has 0 unspecified atom stereocenters. The van der Waals surface area contributed by atoms with E-state index in [1.165, 1.54) is 12.1 Å². The molecule has 8 heteroatoms. The molecule has 0 radical (unpaired) electrons. The molecule has 2 aromatic rings. The third kappa shape index (κ3) is 6.82. The van der Waals surface area contributed by atoms with Crippen molar-refractivity contribution in [2.24, 2.45) is 5.41 Å². The van der Waals surface area contributed by atoms with Gasteiger partial charge < -0.3 is 0 Å². The van der Waals surface area contributed by atoms with Crippen molar-refractivity contribution in [3.63, 3.8) is 0 Å². The summed E-state index contributed by atoms with van der Waals surface area (Å²) in [5.41, 5.74) is -0.375. The van der Waals surface area contributed by atoms with Crippen molar-refractivity contribution >= 4 is 5.78 Å². The second-order valence-corrected chi connectivity index (χ2v) is 8.92. The van der Waals surface area contributed by atoms with E-state index in [1.54, 1.807) is 18.2 Å². The molecule has 0 heterocycles. The largest absolute Gasteiger partial charge is 0.407 e. The van der Waals surface area contributed by atoms with E-state index >= 15 is 0 Å². The molecule has 1 saturated carbocycles. The number of halogens is 6. The van der Waals surface area contributed by atoms with Crippen LogP contribution in [0.25, 0.3) is 0 Å². The second-order valence-electron chi connectivity index (χ2n) is 8.92. The van der Waals surface area contributed by atoms with Gasteiger partial charge in [-0.25, -0.2) is 13.2 Å². The lowest BCUT2D eigenvalue weighted by molar-refractivity contribution is -0.162. The van der Waals surface area contributed by atoms with E-state index in [4.69, 9.17) is 0 Å². The number of rotatable bonds is 10. The monoisotopic (exact) mass is 457 g/mol. The molecule has 2 atom stereocenters. The van der Waals surface area contributed by atoms with E-state index in [2.05, 4.69) is 5.32 Å². The molecule has 0 aromatic heterocycles. The molecule has 0 spiro atoms. The number of hydrogen-bond donors (Lipinski definition) is 1. The molecule has 0 saturated heterocycles. The van der Waals surface area contributed by atoms with Crippen LogP contribution < -0.4 is 5.32 Å². The standard InChI is InChI=1S/C24H25F6NO/c1-22(11-12-22)15-20(32)19(14-23(26,27)13-16-5-3-2-4-6-16)31-21(24(28,29)30)17-7-9-18(25)10-8-17/h2-10,19,21,31H,11-15H2,1H3/t19-,21-/m0/s1. The Morgan fingerprint density at radius 2 is 1.59 bits per heavy atom. The number of carbonyl (C=O) groups is 1. The predicted octanol–water partition coefficient (Wildman–Crippen LogP) is 6.41. The number of nitrogens with one attached hydrogen (secondary N) is 1. The van der Waals surface area contributed by atoms with Gasteiger partial charge >= 0.3 is 6.18 Å². The minimum absolute atomic E-state index is 0.0694. The fourth-order valence-corrected chi connectivity index (χ4v) is 3.70. The number of ketones is 1. The van der Waals surface area contributed by atoms with Crippen LogP contribution in [0.1, 0.15) is 49.8 Å². The van der Waals surface area contributed by atoms with E-state index in [-0.39, 0.29) is 17.4 Å². The lowest BCUT2D eigenvalue weighted by Gasteiger charge is -2.30. The van der Waals surface area contributed by atoms with Crippen LogP contribution in [0.3, 0.4) is 0 Å². The van der Waals surface area contributed by atoms with Crippen LogP contribution in [0.15, 0.2) is 54.6 Å². The summed E-state index contributed by atoms with van der Waals surface area (Å²) in [5.74, 6) is -4.80. The first-order valence-corrected chi connectivity index (χ1v) is 10.4. The van der Waals surface area contributed by atoms with Crippen molar-refractivity contribution in [2.45, 2.75) is 63.2 Å². The molecular formula is C24H25F6NO. The molecule has 0 aliphatic heterocycles. The van der Waals surface area contributed by atoms with E-state index in [0.29, 0.717) is 5.56 Å². The van der Waals surface area contributed by atoms with Crippen molar-refractivity contribution < 1.29 is 31.1 Å². The number of Topliss-reactive ketones (excluding diaryl/α,β-unsaturated/α-hetero) is 1. The van der Waals surface area contributed by atoms with Crippen molar-refractivity contribution in [1.82, 2.24) is 5.32 Å². The fraction of sp³-hybridized carbons (Fsp3) is 0.458. The van der Waals surface area contributed by atoms with Gasteiger partial charge in [-0.05, 0) is 41.5 Å². The van der Waals surface area contributed by atoms with Crippen molar-refractivity contribution in [1.29, 1.82) is 0 Å². The van der Waals surface area contributed by atoms with Crippen LogP contribution in [-0.4, -0.2) is 23.9 Å². The molecule has 2 nitrogen and oxygen atoms in total. The average Bonchev–Trinajstić information content (AvgIpc) is 3.42. The minimum atomic E-state index is -4.87. The van der Waals surface area contributed by atoms with E-state index in [0.717, 1.165) is 37.1 Å². The van der Waals surface area contributed by atoms with Crippen molar-refractivity contribution in [3.05, 3.63) is 71.5 Å². The summed E-state index contributed by atoms with van der Waals surface area (Å²) in [6, 6.07) is 7.37. The maximum Gasteiger partial charge on any atom is 0.407 e. The van der Waals surface area contributed by atoms with Gasteiger partial charge in [-0.3, -0.25) is 10.1 Å². The lowest BCUT2D eigenvalue weighted by Crippen LogP contribution is -2.48. The molecule has 0 amide bonds. The zero-order valence-electron chi connectivity index (χ0n) is 17.6. The zero-order valence-corrected chi connectivity index (χ0v) is 17.6. The maximum absolute atomic E-state index is 14.8. The molecule has 32 heavy (non-hydrogen) atoms. The number of alkyl halides is 5. The Kier molecular flexibility index (Phi) is 7.03. The SMILES string of the molecule is CC1(CC(=O)[C@H](CC(F)(F)Cc2ccccc2)N[C@@H](c2ccc(F)cc2)C(F)(F)F)CC1. The van der Waals surface area contributed by atoms with Gasteiger partial charge in [0.1, 0.15) is 11.9 Å². The summed E-state index contributed by atoms with van der Waals surface area (Å²) in [7, 11) is 0. The Balaban J connectivity index is 1.85. The van der Waals surface area contributed by atoms with Gasteiger partial charge in [-0.15, -0.1) is 0 Å². The average molecular weight is 457 g/mol. The zero-order chi connectivity index (χ0) is 23.6. The number of benzene rings is 2. The van der Waals surface area contributed by atoms with Gasteiger partial charge in [-0.1, -0.05) is 49.4 Å². The maximum atomic E-state index is 14.8. The van der Waals surface area contributed by atoms with Crippen LogP contribution in [-0.2, 0) is 11.2 Å². The van der Waals surface area contributed by atoms with Crippen LogP contribution in [0.4, 0.5) is 26.3 Å². The first-order chi connectivity index (χ1) is 14.9. The highest BCUT2D eigenvalue weighted by Gasteiger charge is 2.47. The molecule has 1 aliphatic carbocycles. The smallest absolute Gasteiger partial charge is 0.298 e. The fourth-order valence-electron chi connectivity index (χ4n) is 3.70. The Hall–Kier alpha value is -2.35. The van der Waals surface area contributed by atoms with Crippen LogP contribution in [0.2, 0.25) is 0 Å². The highest BCUT2D eigenvalue weighted by atomic mass is 19.4. The third-order valence-electron chi connectivity index (χ3n) is 5.80. The van der Waals surface area contributed by atoms with Gasteiger partial charge in [-0.2, -0.15) is 13.2 Å². The van der Waals surface area contributed by atoms with Gasteiger partial charge in [0.05, 0.1) is 6.04 Å². The van der Waals surface area contributed by atoms with Gasteiger partial charge in [0.2, 0.25) is 0 Å². The van der Waals surface area contributed by atoms with E-state index < -0.39 is 48.6 Å². The topological polar surface area (TPSA) is 29.1 Å². The molecule has 3 rings (SSSR count). The van der Waals surface area contributed by atoms with Crippen LogP contribution in [0.5, 0.6) is 0 Å². The highest BCUT2D eigenvalue weighted by molar-refractivity contribution is 5.85. The van der Waals surface area contributed by atoms with E-state index in [9.17, 15) is 31.1 Å². The Morgan fingerprint density at radius 3 is 2.12 bits per heavy atom. The Morgan fingerprint density at radius 1 is 1.00 bits per heavy atom. The molecular weight excluding hydrogens is 432 g/mol. The van der Waals surface area contributed by atoms with Gasteiger partial charge in [0, 0.05) is 19.3 Å². The first kappa shape index (κ1) is 24.3. The summed E-state index contributed by atoms with van der Waals surface area (Å²) >= 11 is 0. The Bertz CT molecular complexity index is 906. The molecule has 1 fully saturated rings. The minimum Gasteiger partial charge on any atom is -0.298 e. The summed E-state index contributed by atoms with van der Waals surface area (Å²) < 4.78 is 84.3. The number of hydrogen-bond acceptors (Lipinski definition) is 2. The molecule has 0 bridgehead atoms. The summed E-state index contributed by atoms with van der Waals surface area (Å²) in [5, 5.41) is 2.14. The van der Waals surface area contributed by atoms with E-state index in [1.807, 2.05) is 6.92 Å². The predicted molar refractivity (Wildman–Crippen MR) is 109 cm³/mol. The molecule has 1 aliphatic rings. The lowest BCUT2D eigenvalue weighted by atomic mass is 9.91. The Labute approximate surface area is 183 Å². The van der Waals surface area contributed by atoms with Crippen molar-refractivity contribution in [2.75, 3.05) is 0 Å². The summed E-state index contributed by atoms with van der Waals surface area (Å²) in [6.07, 6.45) is -5.23. The van der Waals surface area contributed by atoms with Crippen molar-refractivity contribution in [3.8, 4) is 0 Å². The second kappa shape index (κ2) is 9.25. The van der Waals surface area contributed by atoms with Gasteiger partial charge in [0.25, 0.3) is 5.92 Å². The van der Waals surface area contributed by atoms with Gasteiger partial charge in [0.15, 0.2) is 5.78 Å². The third-order valence-corrected chi connectivity index (χ3v) is 5.80. The summed E-state index contributed by atoms with van der Waals surface area (Å²) in [4.78, 5) is 12.9. The normalized spacial score (nSPS) is 17.6. The molecule has 2 aromatic carbocycles. The van der Waals surface area contributed by atoms with Crippen LogP contribution in [0, 0.1) is 11.2 Å². The molecule has 174 valence electrons. The highest BCUT2D eigenvalue weighted by Crippen LogP contribution is 2.49. The number of carbonyl (C=O) groups excluding carboxylic acids is 1. The van der Waals surface area contributed by atoms with Crippen LogP contribution >= 0.6 is 0 Å². The molecule has 1 N–H and O–H groups in total. The quantitative estimate of drug-likeness (QED) is 0.418. The first-order valence-electron chi connectivity index (χ1n) is 10.4.